The molecule has 0 unspecified atom stereocenters. The molecular formula is C22H28ClN3O5S. The number of β-amino-alcohol motifs (C(OH)–C–C–N with tert-alkyl or cyclic N) is 1. The van der Waals surface area contributed by atoms with E-state index in [1.54, 1.807) is 0 Å². The van der Waals surface area contributed by atoms with Gasteiger partial charge in [-0.25, -0.2) is 8.42 Å². The van der Waals surface area contributed by atoms with Crippen molar-refractivity contribution >= 4 is 33.4 Å². The number of aliphatic hydroxyl groups is 1. The quantitative estimate of drug-likeness (QED) is 0.567. The maximum atomic E-state index is 13.1. The van der Waals surface area contributed by atoms with Gasteiger partial charge in [0, 0.05) is 18.0 Å². The number of carbonyl (C=O) groups is 2. The van der Waals surface area contributed by atoms with E-state index in [9.17, 15) is 23.1 Å². The lowest BCUT2D eigenvalue weighted by Gasteiger charge is -2.55. The Morgan fingerprint density at radius 2 is 1.53 bits per heavy atom. The van der Waals surface area contributed by atoms with Crippen molar-refractivity contribution in [1.82, 2.24) is 15.2 Å². The maximum absolute atomic E-state index is 13.1. The summed E-state index contributed by atoms with van der Waals surface area (Å²) in [6, 6.07) is 4.55. The number of hydrogen-bond acceptors (Lipinski definition) is 5. The van der Waals surface area contributed by atoms with Crippen molar-refractivity contribution in [2.24, 2.45) is 23.2 Å². The molecule has 4 bridgehead atoms. The highest BCUT2D eigenvalue weighted by Gasteiger charge is 2.55. The number of carbonyl (C=O) groups excluding carboxylic acids is 2. The fraction of sp³-hybridized carbons (Fsp3) is 0.636. The molecule has 2 amide bonds. The number of hydrazine groups is 1. The fourth-order valence-electron chi connectivity index (χ4n) is 6.75. The number of aliphatic hydroxyl groups excluding tert-OH is 1. The van der Waals surface area contributed by atoms with Crippen molar-refractivity contribution < 1.29 is 23.1 Å². The lowest BCUT2D eigenvalue weighted by Crippen LogP contribution is -2.58. The Balaban J connectivity index is 1.27. The number of sulfonamides is 1. The monoisotopic (exact) mass is 481 g/mol. The average Bonchev–Trinajstić information content (AvgIpc) is 3.14. The van der Waals surface area contributed by atoms with Crippen LogP contribution in [0.25, 0.3) is 0 Å². The van der Waals surface area contributed by atoms with E-state index < -0.39 is 33.5 Å². The first kappa shape index (κ1) is 22.1. The zero-order valence-electron chi connectivity index (χ0n) is 17.7. The standard InChI is InChI=1S/C22H28ClN3O5S/c23-16-1-3-18(4-2-16)32(30,31)26-12-17(27)8-19(26)20(28)24-25-21(29)22-9-13-5-14(10-22)7-15(6-13)11-22/h1-4,13-15,17,19,27H,5-12H2,(H,24,28)(H,25,29)/t13?,14?,15?,17-,19-,22?/m1/s1. The minimum atomic E-state index is -4.02. The number of nitrogens with one attached hydrogen (secondary N) is 2. The van der Waals surface area contributed by atoms with Gasteiger partial charge in [-0.3, -0.25) is 20.4 Å². The predicted octanol–water partition coefficient (Wildman–Crippen LogP) is 1.83. The van der Waals surface area contributed by atoms with Crippen LogP contribution >= 0.6 is 11.6 Å². The predicted molar refractivity (Wildman–Crippen MR) is 117 cm³/mol. The van der Waals surface area contributed by atoms with Crippen molar-refractivity contribution in [2.45, 2.75) is 62.0 Å². The van der Waals surface area contributed by atoms with Crippen molar-refractivity contribution in [1.29, 1.82) is 0 Å². The van der Waals surface area contributed by atoms with Crippen molar-refractivity contribution in [3.8, 4) is 0 Å². The zero-order valence-corrected chi connectivity index (χ0v) is 19.2. The van der Waals surface area contributed by atoms with Crippen molar-refractivity contribution in [2.75, 3.05) is 6.54 Å². The highest BCUT2D eigenvalue weighted by molar-refractivity contribution is 7.89. The van der Waals surface area contributed by atoms with Gasteiger partial charge in [-0.2, -0.15) is 4.31 Å². The largest absolute Gasteiger partial charge is 0.392 e. The molecule has 4 saturated carbocycles. The fourth-order valence-corrected chi connectivity index (χ4v) is 8.52. The van der Waals surface area contributed by atoms with Crippen LogP contribution in [-0.2, 0) is 19.6 Å². The van der Waals surface area contributed by atoms with Crippen LogP contribution in [0.3, 0.4) is 0 Å². The number of hydrogen-bond donors (Lipinski definition) is 3. The molecule has 1 aromatic rings. The molecule has 3 N–H and O–H groups in total. The van der Waals surface area contributed by atoms with E-state index in [-0.39, 0.29) is 23.8 Å². The first-order chi connectivity index (χ1) is 15.2. The molecule has 5 aliphatic rings. The van der Waals surface area contributed by atoms with Crippen LogP contribution in [0, 0.1) is 23.2 Å². The van der Waals surface area contributed by atoms with Gasteiger partial charge in [-0.05, 0) is 80.5 Å². The zero-order chi connectivity index (χ0) is 22.7. The first-order valence-corrected chi connectivity index (χ1v) is 13.0. The molecule has 2 atom stereocenters. The summed E-state index contributed by atoms with van der Waals surface area (Å²) in [4.78, 5) is 26.0. The molecule has 1 saturated heterocycles. The number of halogens is 1. The highest BCUT2D eigenvalue weighted by atomic mass is 35.5. The van der Waals surface area contributed by atoms with Crippen LogP contribution < -0.4 is 10.9 Å². The SMILES string of the molecule is O=C(NNC(=O)C12CC3CC(CC(C3)C1)C2)[C@H]1C[C@@H](O)CN1S(=O)(=O)c1ccc(Cl)cc1. The molecule has 32 heavy (non-hydrogen) atoms. The van der Waals surface area contributed by atoms with Crippen LogP contribution in [-0.4, -0.2) is 48.3 Å². The van der Waals surface area contributed by atoms with E-state index in [1.165, 1.54) is 43.5 Å². The summed E-state index contributed by atoms with van der Waals surface area (Å²) in [6.45, 7) is -0.189. The summed E-state index contributed by atoms with van der Waals surface area (Å²) in [5.74, 6) is 0.959. The molecule has 0 radical (unpaired) electrons. The van der Waals surface area contributed by atoms with Gasteiger partial charge in [-0.1, -0.05) is 11.6 Å². The van der Waals surface area contributed by atoms with Gasteiger partial charge in [0.25, 0.3) is 5.91 Å². The van der Waals surface area contributed by atoms with Gasteiger partial charge in [0.05, 0.1) is 16.4 Å². The van der Waals surface area contributed by atoms with Gasteiger partial charge in [0.15, 0.2) is 0 Å². The maximum Gasteiger partial charge on any atom is 0.256 e. The van der Waals surface area contributed by atoms with Crippen LogP contribution in [0.2, 0.25) is 5.02 Å². The number of amides is 2. The second-order valence-electron chi connectivity index (χ2n) is 10.1. The van der Waals surface area contributed by atoms with E-state index in [1.807, 2.05) is 0 Å². The average molecular weight is 482 g/mol. The van der Waals surface area contributed by atoms with Crippen LogP contribution in [0.4, 0.5) is 0 Å². The van der Waals surface area contributed by atoms with E-state index in [0.29, 0.717) is 22.8 Å². The van der Waals surface area contributed by atoms with Gasteiger partial charge < -0.3 is 5.11 Å². The molecular weight excluding hydrogens is 454 g/mol. The Kier molecular flexibility index (Phi) is 5.51. The third kappa shape index (κ3) is 3.83. The minimum absolute atomic E-state index is 0.00796. The normalized spacial score (nSPS) is 36.2. The molecule has 8 nitrogen and oxygen atoms in total. The number of rotatable bonds is 4. The van der Waals surface area contributed by atoms with E-state index in [2.05, 4.69) is 10.9 Å². The summed E-state index contributed by atoms with van der Waals surface area (Å²) in [5, 5.41) is 10.5. The van der Waals surface area contributed by atoms with Gasteiger partial charge in [-0.15, -0.1) is 0 Å². The summed E-state index contributed by atoms with van der Waals surface area (Å²) in [7, 11) is -4.02. The van der Waals surface area contributed by atoms with E-state index in [0.717, 1.165) is 23.6 Å². The molecule has 5 fully saturated rings. The van der Waals surface area contributed by atoms with E-state index >= 15 is 0 Å². The highest BCUT2D eigenvalue weighted by Crippen LogP contribution is 2.60. The summed E-state index contributed by atoms with van der Waals surface area (Å²) in [6.07, 6.45) is 5.20. The molecule has 6 rings (SSSR count). The Labute approximate surface area is 192 Å². The molecule has 174 valence electrons. The molecule has 1 aliphatic heterocycles. The second kappa shape index (κ2) is 7.97. The molecule has 10 heteroatoms. The van der Waals surface area contributed by atoms with Gasteiger partial charge in [0.2, 0.25) is 15.9 Å². The summed E-state index contributed by atoms with van der Waals surface area (Å²) < 4.78 is 27.1. The molecule has 0 aromatic heterocycles. The molecule has 1 heterocycles. The summed E-state index contributed by atoms with van der Waals surface area (Å²) >= 11 is 5.85. The molecule has 0 spiro atoms. The number of benzene rings is 1. The van der Waals surface area contributed by atoms with Crippen LogP contribution in [0.1, 0.15) is 44.9 Å². The van der Waals surface area contributed by atoms with E-state index in [4.69, 9.17) is 11.6 Å². The van der Waals surface area contributed by atoms with Gasteiger partial charge >= 0.3 is 0 Å². The lowest BCUT2D eigenvalue weighted by molar-refractivity contribution is -0.149. The Hall–Kier alpha value is -1.68. The Morgan fingerprint density at radius 3 is 2.09 bits per heavy atom. The van der Waals surface area contributed by atoms with Crippen LogP contribution in [0.15, 0.2) is 29.2 Å². The smallest absolute Gasteiger partial charge is 0.256 e. The second-order valence-corrected chi connectivity index (χ2v) is 12.4. The number of nitrogens with zero attached hydrogens (tertiary/aromatic N) is 1. The molecule has 4 aliphatic carbocycles. The third-order valence-corrected chi connectivity index (χ3v) is 9.92. The first-order valence-electron chi connectivity index (χ1n) is 11.2. The topological polar surface area (TPSA) is 116 Å². The lowest BCUT2D eigenvalue weighted by atomic mass is 9.49. The van der Waals surface area contributed by atoms with Crippen molar-refractivity contribution in [3.05, 3.63) is 29.3 Å². The molecule has 1 aromatic carbocycles. The Morgan fingerprint density at radius 1 is 0.969 bits per heavy atom. The Bertz CT molecular complexity index is 993. The van der Waals surface area contributed by atoms with Gasteiger partial charge in [0.1, 0.15) is 6.04 Å². The van der Waals surface area contributed by atoms with Crippen LogP contribution in [0.5, 0.6) is 0 Å². The minimum Gasteiger partial charge on any atom is -0.392 e. The summed E-state index contributed by atoms with van der Waals surface area (Å²) in [5.41, 5.74) is 4.62. The third-order valence-electron chi connectivity index (χ3n) is 7.78. The van der Waals surface area contributed by atoms with Crippen molar-refractivity contribution in [3.63, 3.8) is 0 Å².